The van der Waals surface area contributed by atoms with E-state index in [4.69, 9.17) is 0 Å². The van der Waals surface area contributed by atoms with Crippen LogP contribution >= 0.6 is 0 Å². The Morgan fingerprint density at radius 1 is 1.13 bits per heavy atom. The molecule has 0 aliphatic rings. The molecule has 1 N–H and O–H groups in total. The molecule has 0 atom stereocenters. The normalized spacial score (nSPS) is 11.1. The highest BCUT2D eigenvalue weighted by molar-refractivity contribution is 7.92. The Kier molecular flexibility index (Phi) is 4.65. The zero-order valence-corrected chi connectivity index (χ0v) is 13.1. The number of halogens is 2. The number of anilines is 1. The molecular formula is C15H13F2NO4S. The van der Waals surface area contributed by atoms with Crippen molar-refractivity contribution in [2.45, 2.75) is 11.8 Å². The minimum atomic E-state index is -4.21. The Bertz CT molecular complexity index is 866. The first kappa shape index (κ1) is 16.9. The van der Waals surface area contributed by atoms with Gasteiger partial charge >= 0.3 is 5.97 Å². The maximum Gasteiger partial charge on any atom is 0.338 e. The van der Waals surface area contributed by atoms with E-state index in [9.17, 15) is 22.0 Å². The number of ether oxygens (including phenoxy) is 1. The fraction of sp³-hybridized carbons (Fsp3) is 0.133. The summed E-state index contributed by atoms with van der Waals surface area (Å²) in [5, 5.41) is 0. The maximum atomic E-state index is 13.6. The van der Waals surface area contributed by atoms with Crippen molar-refractivity contribution in [2.24, 2.45) is 0 Å². The second kappa shape index (κ2) is 6.33. The summed E-state index contributed by atoms with van der Waals surface area (Å²) in [6, 6.07) is 7.15. The van der Waals surface area contributed by atoms with Crippen LogP contribution in [0.25, 0.3) is 0 Å². The Labute approximate surface area is 132 Å². The lowest BCUT2D eigenvalue weighted by Gasteiger charge is -2.13. The van der Waals surface area contributed by atoms with Gasteiger partial charge < -0.3 is 4.74 Å². The minimum absolute atomic E-state index is 0.0649. The highest BCUT2D eigenvalue weighted by atomic mass is 32.2. The summed E-state index contributed by atoms with van der Waals surface area (Å²) in [6.45, 7) is 1.42. The largest absolute Gasteiger partial charge is 0.465 e. The molecule has 2 aromatic rings. The fourth-order valence-electron chi connectivity index (χ4n) is 2.02. The van der Waals surface area contributed by atoms with Gasteiger partial charge in [0.2, 0.25) is 0 Å². The van der Waals surface area contributed by atoms with Crippen LogP contribution in [-0.4, -0.2) is 21.5 Å². The summed E-state index contributed by atoms with van der Waals surface area (Å²) in [4.78, 5) is 11.4. The highest BCUT2D eigenvalue weighted by Crippen LogP contribution is 2.24. The van der Waals surface area contributed by atoms with Crippen LogP contribution in [0.15, 0.2) is 41.3 Å². The standard InChI is InChI=1S/C15H13F2NO4S/c1-9-10(15(19)22-2)5-3-8-13(9)23(20,21)18-12-7-4-6-11(16)14(12)17/h3-8,18H,1-2H3. The monoisotopic (exact) mass is 341 g/mol. The van der Waals surface area contributed by atoms with Crippen molar-refractivity contribution in [3.8, 4) is 0 Å². The maximum absolute atomic E-state index is 13.6. The molecule has 0 radical (unpaired) electrons. The molecule has 0 spiro atoms. The molecule has 0 aliphatic carbocycles. The van der Waals surface area contributed by atoms with Gasteiger partial charge in [-0.25, -0.2) is 22.0 Å². The van der Waals surface area contributed by atoms with Gasteiger partial charge in [-0.1, -0.05) is 12.1 Å². The molecule has 0 aliphatic heterocycles. The molecule has 0 unspecified atom stereocenters. The van der Waals surface area contributed by atoms with Crippen LogP contribution < -0.4 is 4.72 Å². The van der Waals surface area contributed by atoms with E-state index in [0.29, 0.717) is 0 Å². The van der Waals surface area contributed by atoms with Gasteiger partial charge in [-0.05, 0) is 36.8 Å². The minimum Gasteiger partial charge on any atom is -0.465 e. The zero-order valence-electron chi connectivity index (χ0n) is 12.3. The summed E-state index contributed by atoms with van der Waals surface area (Å²) < 4.78 is 58.2. The second-order valence-electron chi connectivity index (χ2n) is 4.63. The highest BCUT2D eigenvalue weighted by Gasteiger charge is 2.23. The quantitative estimate of drug-likeness (QED) is 0.868. The molecule has 2 rings (SSSR count). The Hall–Kier alpha value is -2.48. The molecular weight excluding hydrogens is 328 g/mol. The summed E-state index contributed by atoms with van der Waals surface area (Å²) in [5.74, 6) is -3.18. The predicted octanol–water partition coefficient (Wildman–Crippen LogP) is 2.86. The molecule has 5 nitrogen and oxygen atoms in total. The van der Waals surface area contributed by atoms with Gasteiger partial charge in [0.25, 0.3) is 10.0 Å². The molecule has 0 fully saturated rings. The lowest BCUT2D eigenvalue weighted by atomic mass is 10.1. The van der Waals surface area contributed by atoms with E-state index in [2.05, 4.69) is 4.74 Å². The first-order valence-electron chi connectivity index (χ1n) is 6.42. The number of carbonyl (C=O) groups is 1. The van der Waals surface area contributed by atoms with Crippen molar-refractivity contribution in [2.75, 3.05) is 11.8 Å². The van der Waals surface area contributed by atoms with Crippen LogP contribution in [0.3, 0.4) is 0 Å². The van der Waals surface area contributed by atoms with E-state index in [1.807, 2.05) is 4.72 Å². The van der Waals surface area contributed by atoms with Crippen molar-refractivity contribution < 1.29 is 26.7 Å². The van der Waals surface area contributed by atoms with E-state index in [0.717, 1.165) is 12.1 Å². The van der Waals surface area contributed by atoms with E-state index >= 15 is 0 Å². The summed E-state index contributed by atoms with van der Waals surface area (Å²) in [6.07, 6.45) is 0. The average molecular weight is 341 g/mol. The molecule has 2 aromatic carbocycles. The van der Waals surface area contributed by atoms with Crippen LogP contribution in [0.1, 0.15) is 15.9 Å². The van der Waals surface area contributed by atoms with Crippen LogP contribution in [0.4, 0.5) is 14.5 Å². The number of sulfonamides is 1. The molecule has 0 saturated carbocycles. The fourth-order valence-corrected chi connectivity index (χ4v) is 3.35. The molecule has 0 aromatic heterocycles. The van der Waals surface area contributed by atoms with Gasteiger partial charge in [-0.15, -0.1) is 0 Å². The van der Waals surface area contributed by atoms with Crippen molar-refractivity contribution in [3.05, 3.63) is 59.2 Å². The number of nitrogens with one attached hydrogen (secondary N) is 1. The van der Waals surface area contributed by atoms with Crippen molar-refractivity contribution in [3.63, 3.8) is 0 Å². The number of hydrogen-bond acceptors (Lipinski definition) is 4. The number of esters is 1. The number of carbonyl (C=O) groups excluding carboxylic acids is 1. The molecule has 0 heterocycles. The van der Waals surface area contributed by atoms with Gasteiger partial charge in [-0.2, -0.15) is 0 Å². The van der Waals surface area contributed by atoms with E-state index in [1.54, 1.807) is 0 Å². The topological polar surface area (TPSA) is 72.5 Å². The smallest absolute Gasteiger partial charge is 0.338 e. The molecule has 0 amide bonds. The summed E-state index contributed by atoms with van der Waals surface area (Å²) >= 11 is 0. The predicted molar refractivity (Wildman–Crippen MR) is 79.7 cm³/mol. The van der Waals surface area contributed by atoms with Crippen molar-refractivity contribution in [1.29, 1.82) is 0 Å². The number of rotatable bonds is 4. The Morgan fingerprint density at radius 2 is 1.78 bits per heavy atom. The SMILES string of the molecule is COC(=O)c1cccc(S(=O)(=O)Nc2cccc(F)c2F)c1C. The molecule has 122 valence electrons. The van der Waals surface area contributed by atoms with Crippen molar-refractivity contribution >= 4 is 21.7 Å². The van der Waals surface area contributed by atoms with E-state index < -0.39 is 33.3 Å². The van der Waals surface area contributed by atoms with Gasteiger partial charge in [0.05, 0.1) is 23.3 Å². The third-order valence-corrected chi connectivity index (χ3v) is 4.68. The molecule has 0 saturated heterocycles. The Balaban J connectivity index is 2.49. The van der Waals surface area contributed by atoms with Gasteiger partial charge in [0, 0.05) is 0 Å². The van der Waals surface area contributed by atoms with Crippen LogP contribution in [0.2, 0.25) is 0 Å². The number of methoxy groups -OCH3 is 1. The lowest BCUT2D eigenvalue weighted by Crippen LogP contribution is -2.17. The number of benzene rings is 2. The van der Waals surface area contributed by atoms with Crippen LogP contribution in [-0.2, 0) is 14.8 Å². The average Bonchev–Trinajstić information content (AvgIpc) is 2.51. The molecule has 8 heteroatoms. The Morgan fingerprint density at radius 3 is 2.43 bits per heavy atom. The molecule has 23 heavy (non-hydrogen) atoms. The number of hydrogen-bond donors (Lipinski definition) is 1. The van der Waals surface area contributed by atoms with E-state index in [-0.39, 0.29) is 16.0 Å². The van der Waals surface area contributed by atoms with Gasteiger partial charge in [0.15, 0.2) is 11.6 Å². The second-order valence-corrected chi connectivity index (χ2v) is 6.28. The van der Waals surface area contributed by atoms with E-state index in [1.165, 1.54) is 38.3 Å². The van der Waals surface area contributed by atoms with Crippen LogP contribution in [0.5, 0.6) is 0 Å². The van der Waals surface area contributed by atoms with Gasteiger partial charge in [-0.3, -0.25) is 4.72 Å². The van der Waals surface area contributed by atoms with Crippen LogP contribution in [0, 0.1) is 18.6 Å². The third-order valence-electron chi connectivity index (χ3n) is 3.17. The third kappa shape index (κ3) is 3.31. The first-order chi connectivity index (χ1) is 10.8. The van der Waals surface area contributed by atoms with Gasteiger partial charge in [0.1, 0.15) is 0 Å². The summed E-state index contributed by atoms with van der Waals surface area (Å²) in [7, 11) is -3.04. The first-order valence-corrected chi connectivity index (χ1v) is 7.91. The van der Waals surface area contributed by atoms with Crippen molar-refractivity contribution in [1.82, 2.24) is 0 Å². The lowest BCUT2D eigenvalue weighted by molar-refractivity contribution is 0.0599. The molecule has 0 bridgehead atoms. The summed E-state index contributed by atoms with van der Waals surface area (Å²) in [5.41, 5.74) is -0.313. The zero-order chi connectivity index (χ0) is 17.2.